The molecule has 2 rings (SSSR count). The summed E-state index contributed by atoms with van der Waals surface area (Å²) in [6.07, 6.45) is 0.880. The number of hydrogen-bond donors (Lipinski definition) is 1. The molecule has 9 heteroatoms. The van der Waals surface area contributed by atoms with E-state index in [1.54, 1.807) is 12.3 Å². The maximum atomic E-state index is 11.5. The molecule has 0 radical (unpaired) electrons. The van der Waals surface area contributed by atoms with E-state index >= 15 is 0 Å². The maximum absolute atomic E-state index is 11.5. The lowest BCUT2D eigenvalue weighted by atomic mass is 10.3. The molecule has 0 bridgehead atoms. The van der Waals surface area contributed by atoms with Crippen molar-refractivity contribution in [2.75, 3.05) is 50.1 Å². The second-order valence-corrected chi connectivity index (χ2v) is 7.53. The van der Waals surface area contributed by atoms with Gasteiger partial charge in [-0.25, -0.2) is 9.78 Å². The Hall–Kier alpha value is -0.950. The van der Waals surface area contributed by atoms with Crippen molar-refractivity contribution in [3.05, 3.63) is 18.3 Å². The predicted octanol–water partition coefficient (Wildman–Crippen LogP) is 2.75. The molecule has 0 spiro atoms. The summed E-state index contributed by atoms with van der Waals surface area (Å²) in [6.45, 7) is 3.55. The molecule has 1 fully saturated rings. The number of piperazine rings is 1. The first kappa shape index (κ1) is 17.4. The molecule has 0 aromatic carbocycles. The number of likely N-dealkylation sites (N-methyl/N-ethyl adjacent to an activating group) is 1. The van der Waals surface area contributed by atoms with Gasteiger partial charge in [0.2, 0.25) is 3.79 Å². The second kappa shape index (κ2) is 7.55. The van der Waals surface area contributed by atoms with Crippen LogP contribution < -0.4 is 10.2 Å². The number of hydrogen-bond acceptors (Lipinski definition) is 5. The quantitative estimate of drug-likeness (QED) is 0.833. The third-order valence-electron chi connectivity index (χ3n) is 3.19. The van der Waals surface area contributed by atoms with Gasteiger partial charge in [0.15, 0.2) is 0 Å². The first-order valence-corrected chi connectivity index (χ1v) is 7.87. The second-order valence-electron chi connectivity index (χ2n) is 5.01. The zero-order valence-corrected chi connectivity index (χ0v) is 14.3. The number of nitrogens with one attached hydrogen (secondary N) is 1. The van der Waals surface area contributed by atoms with Gasteiger partial charge in [0, 0.05) is 26.2 Å². The van der Waals surface area contributed by atoms with Gasteiger partial charge >= 0.3 is 6.09 Å². The minimum Gasteiger partial charge on any atom is -0.445 e. The fourth-order valence-corrected chi connectivity index (χ4v) is 2.15. The molecule has 22 heavy (non-hydrogen) atoms. The third kappa shape index (κ3) is 5.68. The number of ether oxygens (including phenoxy) is 1. The van der Waals surface area contributed by atoms with E-state index in [0.717, 1.165) is 32.0 Å². The van der Waals surface area contributed by atoms with Gasteiger partial charge in [-0.2, -0.15) is 0 Å². The number of carbonyl (C=O) groups is 1. The van der Waals surface area contributed by atoms with Crippen LogP contribution in [0.1, 0.15) is 0 Å². The highest BCUT2D eigenvalue weighted by Crippen LogP contribution is 2.26. The summed E-state index contributed by atoms with van der Waals surface area (Å²) in [5.41, 5.74) is 0.521. The molecule has 1 aliphatic heterocycles. The van der Waals surface area contributed by atoms with Crippen LogP contribution in [0.25, 0.3) is 0 Å². The SMILES string of the molecule is CN1CCN(c2ccc(NC(=O)OCC(Cl)(Cl)Cl)cn2)CC1. The van der Waals surface area contributed by atoms with Crippen LogP contribution >= 0.6 is 34.8 Å². The summed E-state index contributed by atoms with van der Waals surface area (Å²) < 4.78 is 3.16. The van der Waals surface area contributed by atoms with Crippen molar-refractivity contribution in [1.82, 2.24) is 9.88 Å². The van der Waals surface area contributed by atoms with E-state index in [4.69, 9.17) is 39.5 Å². The zero-order chi connectivity index (χ0) is 16.2. The monoisotopic (exact) mass is 366 g/mol. The standard InChI is InChI=1S/C13H17Cl3N4O2/c1-19-4-6-20(7-5-19)11-3-2-10(8-17-11)18-12(21)22-9-13(14,15)16/h2-3,8H,4-7,9H2,1H3,(H,18,21). The van der Waals surface area contributed by atoms with Gasteiger partial charge in [-0.15, -0.1) is 0 Å². The van der Waals surface area contributed by atoms with Gasteiger partial charge < -0.3 is 14.5 Å². The lowest BCUT2D eigenvalue weighted by Gasteiger charge is -2.33. The van der Waals surface area contributed by atoms with E-state index in [-0.39, 0.29) is 6.61 Å². The number of carbonyl (C=O) groups excluding carboxylic acids is 1. The number of anilines is 2. The van der Waals surface area contributed by atoms with Crippen molar-refractivity contribution >= 4 is 52.4 Å². The first-order chi connectivity index (χ1) is 10.3. The number of alkyl halides is 3. The molecule has 122 valence electrons. The van der Waals surface area contributed by atoms with Crippen LogP contribution in [-0.2, 0) is 4.74 Å². The van der Waals surface area contributed by atoms with Crippen LogP contribution in [0.5, 0.6) is 0 Å². The maximum Gasteiger partial charge on any atom is 0.411 e. The summed E-state index contributed by atoms with van der Waals surface area (Å²) in [5, 5.41) is 2.53. The predicted molar refractivity (Wildman–Crippen MR) is 89.2 cm³/mol. The summed E-state index contributed by atoms with van der Waals surface area (Å²) >= 11 is 16.5. The van der Waals surface area contributed by atoms with E-state index in [9.17, 15) is 4.79 Å². The van der Waals surface area contributed by atoms with Crippen molar-refractivity contribution in [3.8, 4) is 0 Å². The van der Waals surface area contributed by atoms with Gasteiger partial charge in [0.1, 0.15) is 12.4 Å². The van der Waals surface area contributed by atoms with Crippen LogP contribution in [0.15, 0.2) is 18.3 Å². The van der Waals surface area contributed by atoms with Crippen molar-refractivity contribution < 1.29 is 9.53 Å². The molecule has 1 aliphatic rings. The highest BCUT2D eigenvalue weighted by atomic mass is 35.6. The smallest absolute Gasteiger partial charge is 0.411 e. The fourth-order valence-electron chi connectivity index (χ4n) is 1.98. The summed E-state index contributed by atoms with van der Waals surface area (Å²) in [5.74, 6) is 0.883. The molecule has 1 N–H and O–H groups in total. The average Bonchev–Trinajstić information content (AvgIpc) is 2.46. The molecule has 1 amide bonds. The minimum absolute atomic E-state index is 0.323. The number of amides is 1. The Kier molecular flexibility index (Phi) is 5.97. The minimum atomic E-state index is -1.62. The molecule has 6 nitrogen and oxygen atoms in total. The van der Waals surface area contributed by atoms with Crippen LogP contribution in [0, 0.1) is 0 Å². The van der Waals surface area contributed by atoms with Gasteiger partial charge in [0.25, 0.3) is 0 Å². The number of pyridine rings is 1. The molecular formula is C13H17Cl3N4O2. The van der Waals surface area contributed by atoms with Crippen molar-refractivity contribution in [2.45, 2.75) is 3.79 Å². The Balaban J connectivity index is 1.85. The van der Waals surface area contributed by atoms with E-state index in [1.165, 1.54) is 0 Å². The Labute approximate surface area is 144 Å². The first-order valence-electron chi connectivity index (χ1n) is 6.73. The van der Waals surface area contributed by atoms with Crippen LogP contribution in [-0.4, -0.2) is 59.6 Å². The molecule has 0 saturated carbocycles. The highest BCUT2D eigenvalue weighted by molar-refractivity contribution is 6.67. The molecule has 1 saturated heterocycles. The number of rotatable bonds is 3. The number of aromatic nitrogens is 1. The van der Waals surface area contributed by atoms with Crippen molar-refractivity contribution in [2.24, 2.45) is 0 Å². The molecule has 1 aromatic rings. The van der Waals surface area contributed by atoms with Crippen LogP contribution in [0.2, 0.25) is 0 Å². The molecule has 2 heterocycles. The Morgan fingerprint density at radius 1 is 1.32 bits per heavy atom. The van der Waals surface area contributed by atoms with E-state index in [0.29, 0.717) is 5.69 Å². The lowest BCUT2D eigenvalue weighted by Crippen LogP contribution is -2.44. The molecule has 0 atom stereocenters. The largest absolute Gasteiger partial charge is 0.445 e. The molecule has 0 aliphatic carbocycles. The van der Waals surface area contributed by atoms with E-state index in [2.05, 4.69) is 27.1 Å². The molecule has 1 aromatic heterocycles. The summed E-state index contributed by atoms with van der Waals surface area (Å²) in [4.78, 5) is 20.3. The van der Waals surface area contributed by atoms with Crippen molar-refractivity contribution in [1.29, 1.82) is 0 Å². The lowest BCUT2D eigenvalue weighted by molar-refractivity contribution is 0.164. The van der Waals surface area contributed by atoms with Gasteiger partial charge in [-0.3, -0.25) is 5.32 Å². The van der Waals surface area contributed by atoms with Crippen LogP contribution in [0.3, 0.4) is 0 Å². The number of halogens is 3. The molecular weight excluding hydrogens is 351 g/mol. The zero-order valence-electron chi connectivity index (χ0n) is 12.1. The Morgan fingerprint density at radius 3 is 2.55 bits per heavy atom. The summed E-state index contributed by atoms with van der Waals surface area (Å²) in [6, 6.07) is 3.62. The van der Waals surface area contributed by atoms with Crippen molar-refractivity contribution in [3.63, 3.8) is 0 Å². The van der Waals surface area contributed by atoms with Gasteiger partial charge in [-0.1, -0.05) is 34.8 Å². The van der Waals surface area contributed by atoms with E-state index < -0.39 is 9.89 Å². The Bertz CT molecular complexity index is 499. The van der Waals surface area contributed by atoms with Gasteiger partial charge in [0.05, 0.1) is 11.9 Å². The summed E-state index contributed by atoms with van der Waals surface area (Å²) in [7, 11) is 2.10. The van der Waals surface area contributed by atoms with E-state index in [1.807, 2.05) is 6.07 Å². The third-order valence-corrected chi connectivity index (χ3v) is 3.52. The van der Waals surface area contributed by atoms with Crippen LogP contribution in [0.4, 0.5) is 16.3 Å². The Morgan fingerprint density at radius 2 is 2.00 bits per heavy atom. The average molecular weight is 368 g/mol. The topological polar surface area (TPSA) is 57.7 Å². The highest BCUT2D eigenvalue weighted by Gasteiger charge is 2.22. The normalized spacial score (nSPS) is 16.5. The van der Waals surface area contributed by atoms with Gasteiger partial charge in [-0.05, 0) is 19.2 Å². The fraction of sp³-hybridized carbons (Fsp3) is 0.538. The number of nitrogens with zero attached hydrogens (tertiary/aromatic N) is 3. The molecule has 0 unspecified atom stereocenters.